The van der Waals surface area contributed by atoms with Gasteiger partial charge in [0.2, 0.25) is 11.8 Å². The Morgan fingerprint density at radius 3 is 2.74 bits per heavy atom. The Balaban J connectivity index is 1.67. The van der Waals surface area contributed by atoms with Gasteiger partial charge in [0.1, 0.15) is 18.1 Å². The molecule has 1 aromatic carbocycles. The summed E-state index contributed by atoms with van der Waals surface area (Å²) in [7, 11) is 0. The lowest BCUT2D eigenvalue weighted by atomic mass is 10.2. The maximum atomic E-state index is 13.6. The molecule has 2 N–H and O–H groups in total. The summed E-state index contributed by atoms with van der Waals surface area (Å²) in [6, 6.07) is 6.01. The topological polar surface area (TPSA) is 91.6 Å². The van der Waals surface area contributed by atoms with Crippen LogP contribution in [0, 0.1) is 12.7 Å². The number of carbonyl (C=O) groups is 2. The third-order valence-electron chi connectivity index (χ3n) is 4.33. The lowest BCUT2D eigenvalue weighted by molar-refractivity contribution is -0.122. The second-order valence-electron chi connectivity index (χ2n) is 6.35. The molecule has 27 heavy (non-hydrogen) atoms. The van der Waals surface area contributed by atoms with Crippen LogP contribution in [0.2, 0.25) is 5.02 Å². The Hall–Kier alpha value is -2.87. The van der Waals surface area contributed by atoms with E-state index < -0.39 is 23.3 Å². The molecule has 1 aliphatic rings. The number of aromatic nitrogens is 1. The molecule has 0 saturated carbocycles. The molecule has 1 saturated heterocycles. The van der Waals surface area contributed by atoms with Crippen LogP contribution >= 0.6 is 11.6 Å². The average molecular weight is 394 g/mol. The van der Waals surface area contributed by atoms with Gasteiger partial charge in [-0.3, -0.25) is 14.4 Å². The zero-order chi connectivity index (χ0) is 19.7. The molecule has 7 nitrogen and oxygen atoms in total. The Kier molecular flexibility index (Phi) is 5.18. The van der Waals surface area contributed by atoms with Crippen LogP contribution < -0.4 is 15.8 Å². The molecule has 3 rings (SSSR count). The highest BCUT2D eigenvalue weighted by Crippen LogP contribution is 2.25. The summed E-state index contributed by atoms with van der Waals surface area (Å²) in [5.41, 5.74) is 0.309. The molecule has 1 unspecified atom stereocenters. The van der Waals surface area contributed by atoms with Gasteiger partial charge in [-0.25, -0.2) is 4.39 Å². The lowest BCUT2D eigenvalue weighted by Crippen LogP contribution is -2.40. The van der Waals surface area contributed by atoms with Crippen molar-refractivity contribution in [2.45, 2.75) is 25.9 Å². The molecular weight excluding hydrogens is 377 g/mol. The molecule has 1 fully saturated rings. The second kappa shape index (κ2) is 7.40. The zero-order valence-electron chi connectivity index (χ0n) is 14.4. The number of aromatic hydroxyl groups is 1. The fourth-order valence-electron chi connectivity index (χ4n) is 3.04. The van der Waals surface area contributed by atoms with Crippen molar-refractivity contribution in [3.05, 3.63) is 57.2 Å². The smallest absolute Gasteiger partial charge is 0.254 e. The monoisotopic (exact) mass is 393 g/mol. The number of benzene rings is 1. The van der Waals surface area contributed by atoms with Gasteiger partial charge in [0.15, 0.2) is 0 Å². The Morgan fingerprint density at radius 2 is 2.07 bits per heavy atom. The van der Waals surface area contributed by atoms with E-state index in [4.69, 9.17) is 11.6 Å². The minimum atomic E-state index is -0.628. The quantitative estimate of drug-likeness (QED) is 0.825. The highest BCUT2D eigenvalue weighted by Gasteiger charge is 2.32. The molecular formula is C18H17ClFN3O4. The molecule has 1 aliphatic heterocycles. The van der Waals surface area contributed by atoms with Crippen LogP contribution in [0.1, 0.15) is 12.1 Å². The fraction of sp³-hybridized carbons (Fsp3) is 0.278. The Labute approximate surface area is 159 Å². The number of carbonyl (C=O) groups excluding carboxylic acids is 2. The maximum Gasteiger partial charge on any atom is 0.254 e. The fourth-order valence-corrected chi connectivity index (χ4v) is 3.16. The van der Waals surface area contributed by atoms with E-state index in [0.29, 0.717) is 11.4 Å². The first-order chi connectivity index (χ1) is 12.7. The summed E-state index contributed by atoms with van der Waals surface area (Å²) in [4.78, 5) is 37.7. The molecule has 0 spiro atoms. The van der Waals surface area contributed by atoms with E-state index in [1.165, 1.54) is 33.7 Å². The minimum Gasteiger partial charge on any atom is -0.508 e. The van der Waals surface area contributed by atoms with Crippen molar-refractivity contribution in [3.63, 3.8) is 0 Å². The highest BCUT2D eigenvalue weighted by molar-refractivity contribution is 6.30. The SMILES string of the molecule is Cc1cc(O)cc(=O)n1CC(=O)NC1CC(=O)N(c2ccc(Cl)c(F)c2)C1. The van der Waals surface area contributed by atoms with Gasteiger partial charge >= 0.3 is 0 Å². The van der Waals surface area contributed by atoms with Gasteiger partial charge in [0.25, 0.3) is 5.56 Å². The summed E-state index contributed by atoms with van der Waals surface area (Å²) in [6.45, 7) is 1.56. The molecule has 2 aromatic rings. The molecule has 1 aromatic heterocycles. The average Bonchev–Trinajstić information content (AvgIpc) is 2.93. The highest BCUT2D eigenvalue weighted by atomic mass is 35.5. The van der Waals surface area contributed by atoms with E-state index in [1.54, 1.807) is 6.92 Å². The molecule has 0 bridgehead atoms. The van der Waals surface area contributed by atoms with Crippen molar-refractivity contribution in [1.82, 2.24) is 9.88 Å². The summed E-state index contributed by atoms with van der Waals surface area (Å²) in [6.07, 6.45) is 0.0689. The maximum absolute atomic E-state index is 13.6. The number of aryl methyl sites for hydroxylation is 1. The number of nitrogens with zero attached hydrogens (tertiary/aromatic N) is 2. The number of rotatable bonds is 4. The molecule has 142 valence electrons. The van der Waals surface area contributed by atoms with Crippen molar-refractivity contribution in [3.8, 4) is 5.75 Å². The second-order valence-corrected chi connectivity index (χ2v) is 6.76. The summed E-state index contributed by atoms with van der Waals surface area (Å²) >= 11 is 5.65. The molecule has 2 amide bonds. The Bertz CT molecular complexity index is 976. The van der Waals surface area contributed by atoms with Crippen LogP contribution in [0.3, 0.4) is 0 Å². The third kappa shape index (κ3) is 4.11. The van der Waals surface area contributed by atoms with Crippen molar-refractivity contribution in [2.24, 2.45) is 0 Å². The van der Waals surface area contributed by atoms with Gasteiger partial charge in [0.05, 0.1) is 11.1 Å². The number of pyridine rings is 1. The lowest BCUT2D eigenvalue weighted by Gasteiger charge is -2.18. The number of nitrogens with one attached hydrogen (secondary N) is 1. The Morgan fingerprint density at radius 1 is 1.33 bits per heavy atom. The number of anilines is 1. The van der Waals surface area contributed by atoms with E-state index >= 15 is 0 Å². The van der Waals surface area contributed by atoms with Gasteiger partial charge in [-0.2, -0.15) is 0 Å². The van der Waals surface area contributed by atoms with Gasteiger partial charge in [-0.15, -0.1) is 0 Å². The molecule has 9 heteroatoms. The predicted molar refractivity (Wildman–Crippen MR) is 97.4 cm³/mol. The number of hydrogen-bond donors (Lipinski definition) is 2. The van der Waals surface area contributed by atoms with Crippen LogP contribution in [0.5, 0.6) is 5.75 Å². The van der Waals surface area contributed by atoms with Crippen molar-refractivity contribution in [2.75, 3.05) is 11.4 Å². The van der Waals surface area contributed by atoms with E-state index in [2.05, 4.69) is 5.32 Å². The van der Waals surface area contributed by atoms with Crippen LogP contribution in [0.15, 0.2) is 35.1 Å². The van der Waals surface area contributed by atoms with Crippen molar-refractivity contribution >= 4 is 29.1 Å². The van der Waals surface area contributed by atoms with E-state index in [9.17, 15) is 23.9 Å². The van der Waals surface area contributed by atoms with Gasteiger partial charge in [-0.1, -0.05) is 11.6 Å². The summed E-state index contributed by atoms with van der Waals surface area (Å²) < 4.78 is 14.8. The number of amides is 2. The first kappa shape index (κ1) is 18.9. The predicted octanol–water partition coefficient (Wildman–Crippen LogP) is 1.58. The van der Waals surface area contributed by atoms with E-state index in [0.717, 1.165) is 6.07 Å². The number of hydrogen-bond acceptors (Lipinski definition) is 4. The molecule has 0 aliphatic carbocycles. The van der Waals surface area contributed by atoms with Crippen LogP contribution in [0.25, 0.3) is 0 Å². The minimum absolute atomic E-state index is 0.0371. The summed E-state index contributed by atoms with van der Waals surface area (Å²) in [5, 5.41) is 12.1. The van der Waals surface area contributed by atoms with Gasteiger partial charge in [-0.05, 0) is 31.2 Å². The van der Waals surface area contributed by atoms with Gasteiger partial charge in [0, 0.05) is 30.4 Å². The van der Waals surface area contributed by atoms with Crippen LogP contribution in [-0.4, -0.2) is 34.1 Å². The van der Waals surface area contributed by atoms with Gasteiger partial charge < -0.3 is 19.9 Å². The molecule has 2 heterocycles. The van der Waals surface area contributed by atoms with Crippen LogP contribution in [0.4, 0.5) is 10.1 Å². The third-order valence-corrected chi connectivity index (χ3v) is 4.63. The standard InChI is InChI=1S/C18H17ClFN3O4/c1-10-4-13(24)7-18(27)22(10)9-16(25)21-11-5-17(26)23(8-11)12-2-3-14(19)15(20)6-12/h2-4,6-7,11,24H,5,8-9H2,1H3,(H,21,25). The van der Waals surface area contributed by atoms with Crippen molar-refractivity contribution in [1.29, 1.82) is 0 Å². The largest absolute Gasteiger partial charge is 0.508 e. The molecule has 0 radical (unpaired) electrons. The summed E-state index contributed by atoms with van der Waals surface area (Å²) in [5.74, 6) is -1.48. The first-order valence-electron chi connectivity index (χ1n) is 8.20. The van der Waals surface area contributed by atoms with E-state index in [1.807, 2.05) is 0 Å². The molecule has 1 atom stereocenters. The van der Waals surface area contributed by atoms with Crippen LogP contribution in [-0.2, 0) is 16.1 Å². The number of halogens is 2. The van der Waals surface area contributed by atoms with E-state index in [-0.39, 0.29) is 36.2 Å². The normalized spacial score (nSPS) is 16.6. The van der Waals surface area contributed by atoms with Crippen molar-refractivity contribution < 1.29 is 19.1 Å². The zero-order valence-corrected chi connectivity index (χ0v) is 15.2. The first-order valence-corrected chi connectivity index (χ1v) is 8.57.